The summed E-state index contributed by atoms with van der Waals surface area (Å²) < 4.78 is 16.4. The Morgan fingerprint density at radius 2 is 2.00 bits per heavy atom. The molecule has 0 spiro atoms. The standard InChI is InChI=1S/C12H16N2O3S/c1-17-11-5-3-2-4-10(11)13-12(15)14-6-8-18(16)9-7-14/h2-5H,6-9H2,1H3,(H,13,15). The molecule has 5 nitrogen and oxygen atoms in total. The molecule has 0 bridgehead atoms. The number of rotatable bonds is 2. The van der Waals surface area contributed by atoms with Crippen molar-refractivity contribution in [3.63, 3.8) is 0 Å². The van der Waals surface area contributed by atoms with Crippen LogP contribution in [0.5, 0.6) is 5.75 Å². The maximum Gasteiger partial charge on any atom is 0.322 e. The normalized spacial score (nSPS) is 16.4. The first-order chi connectivity index (χ1) is 8.70. The van der Waals surface area contributed by atoms with Crippen LogP contribution in [0.4, 0.5) is 10.5 Å². The first-order valence-electron chi connectivity index (χ1n) is 5.74. The zero-order chi connectivity index (χ0) is 13.0. The molecule has 1 aliphatic heterocycles. The van der Waals surface area contributed by atoms with Crippen LogP contribution in [-0.2, 0) is 10.8 Å². The highest BCUT2D eigenvalue weighted by molar-refractivity contribution is 7.85. The predicted molar refractivity (Wildman–Crippen MR) is 71.5 cm³/mol. The van der Waals surface area contributed by atoms with Gasteiger partial charge in [-0.25, -0.2) is 4.79 Å². The summed E-state index contributed by atoms with van der Waals surface area (Å²) in [5.41, 5.74) is 0.650. The third-order valence-electron chi connectivity index (χ3n) is 2.81. The molecule has 1 fully saturated rings. The lowest BCUT2D eigenvalue weighted by Crippen LogP contribution is -2.44. The van der Waals surface area contributed by atoms with Crippen LogP contribution >= 0.6 is 0 Å². The summed E-state index contributed by atoms with van der Waals surface area (Å²) in [6, 6.07) is 7.10. The molecule has 2 rings (SSSR count). The fraction of sp³-hybridized carbons (Fsp3) is 0.417. The molecule has 6 heteroatoms. The molecule has 18 heavy (non-hydrogen) atoms. The van der Waals surface area contributed by atoms with Crippen LogP contribution in [0.15, 0.2) is 24.3 Å². The predicted octanol–water partition coefficient (Wildman–Crippen LogP) is 1.29. The van der Waals surface area contributed by atoms with Gasteiger partial charge in [-0.3, -0.25) is 4.21 Å². The Labute approximate surface area is 109 Å². The summed E-state index contributed by atoms with van der Waals surface area (Å²) >= 11 is 0. The first kappa shape index (κ1) is 12.9. The molecule has 0 aromatic heterocycles. The van der Waals surface area contributed by atoms with Crippen molar-refractivity contribution in [2.45, 2.75) is 0 Å². The number of urea groups is 1. The summed E-state index contributed by atoms with van der Waals surface area (Å²) in [4.78, 5) is 13.7. The topological polar surface area (TPSA) is 58.6 Å². The molecule has 1 saturated heterocycles. The minimum Gasteiger partial charge on any atom is -0.495 e. The smallest absolute Gasteiger partial charge is 0.322 e. The zero-order valence-electron chi connectivity index (χ0n) is 10.2. The number of nitrogens with one attached hydrogen (secondary N) is 1. The van der Waals surface area contributed by atoms with E-state index in [1.54, 1.807) is 24.1 Å². The van der Waals surface area contributed by atoms with Gasteiger partial charge in [0.2, 0.25) is 0 Å². The highest BCUT2D eigenvalue weighted by Crippen LogP contribution is 2.23. The van der Waals surface area contributed by atoms with Crippen LogP contribution in [0.3, 0.4) is 0 Å². The number of benzene rings is 1. The molecule has 1 heterocycles. The second-order valence-electron chi connectivity index (χ2n) is 3.97. The van der Waals surface area contributed by atoms with Gasteiger partial charge in [-0.15, -0.1) is 0 Å². The van der Waals surface area contributed by atoms with Gasteiger partial charge in [0.15, 0.2) is 0 Å². The quantitative estimate of drug-likeness (QED) is 0.879. The van der Waals surface area contributed by atoms with Gasteiger partial charge in [-0.1, -0.05) is 12.1 Å². The van der Waals surface area contributed by atoms with E-state index in [0.717, 1.165) is 0 Å². The zero-order valence-corrected chi connectivity index (χ0v) is 11.0. The molecule has 1 aromatic carbocycles. The van der Waals surface area contributed by atoms with E-state index in [1.807, 2.05) is 12.1 Å². The lowest BCUT2D eigenvalue weighted by molar-refractivity contribution is 0.216. The van der Waals surface area contributed by atoms with E-state index < -0.39 is 10.8 Å². The Balaban J connectivity index is 2.00. The van der Waals surface area contributed by atoms with Gasteiger partial charge in [0.25, 0.3) is 0 Å². The van der Waals surface area contributed by atoms with Gasteiger partial charge in [-0.2, -0.15) is 0 Å². The lowest BCUT2D eigenvalue weighted by atomic mass is 10.3. The summed E-state index contributed by atoms with van der Waals surface area (Å²) in [5.74, 6) is 1.74. The number of para-hydroxylation sites is 2. The molecule has 1 aliphatic rings. The van der Waals surface area contributed by atoms with Crippen molar-refractivity contribution in [1.29, 1.82) is 0 Å². The minimum atomic E-state index is -0.776. The van der Waals surface area contributed by atoms with E-state index in [1.165, 1.54) is 0 Å². The van der Waals surface area contributed by atoms with Gasteiger partial charge in [0.1, 0.15) is 5.75 Å². The van der Waals surface area contributed by atoms with Crippen molar-refractivity contribution in [3.8, 4) is 5.75 Å². The minimum absolute atomic E-state index is 0.170. The highest BCUT2D eigenvalue weighted by atomic mass is 32.2. The molecule has 98 valence electrons. The van der Waals surface area contributed by atoms with Crippen LogP contribution in [-0.4, -0.2) is 46.8 Å². The van der Waals surface area contributed by atoms with Crippen molar-refractivity contribution in [2.24, 2.45) is 0 Å². The Bertz CT molecular complexity index is 454. The van der Waals surface area contributed by atoms with Gasteiger partial charge < -0.3 is 15.0 Å². The number of anilines is 1. The molecule has 0 aliphatic carbocycles. The van der Waals surface area contributed by atoms with E-state index >= 15 is 0 Å². The summed E-state index contributed by atoms with van der Waals surface area (Å²) in [7, 11) is 0.788. The lowest BCUT2D eigenvalue weighted by Gasteiger charge is -2.26. The molecule has 0 atom stereocenters. The maximum atomic E-state index is 12.0. The van der Waals surface area contributed by atoms with Gasteiger partial charge in [-0.05, 0) is 12.1 Å². The van der Waals surface area contributed by atoms with Crippen molar-refractivity contribution >= 4 is 22.5 Å². The van der Waals surface area contributed by atoms with Crippen LogP contribution in [0.25, 0.3) is 0 Å². The molecule has 0 unspecified atom stereocenters. The Hall–Kier alpha value is -1.56. The molecule has 2 amide bonds. The largest absolute Gasteiger partial charge is 0.495 e. The Morgan fingerprint density at radius 3 is 2.67 bits per heavy atom. The van der Waals surface area contributed by atoms with Gasteiger partial charge >= 0.3 is 6.03 Å². The van der Waals surface area contributed by atoms with E-state index in [-0.39, 0.29) is 6.03 Å². The third-order valence-corrected chi connectivity index (χ3v) is 4.09. The summed E-state index contributed by atoms with van der Waals surface area (Å²) in [6.07, 6.45) is 0. The second kappa shape index (κ2) is 5.86. The van der Waals surface area contributed by atoms with E-state index in [9.17, 15) is 9.00 Å². The number of ether oxygens (including phenoxy) is 1. The number of amides is 2. The Kier molecular flexibility index (Phi) is 4.19. The van der Waals surface area contributed by atoms with E-state index in [4.69, 9.17) is 4.74 Å². The van der Waals surface area contributed by atoms with Crippen molar-refractivity contribution in [2.75, 3.05) is 37.0 Å². The van der Waals surface area contributed by atoms with Crippen molar-refractivity contribution < 1.29 is 13.7 Å². The monoisotopic (exact) mass is 268 g/mol. The van der Waals surface area contributed by atoms with Crippen LogP contribution < -0.4 is 10.1 Å². The number of carbonyl (C=O) groups excluding carboxylic acids is 1. The fourth-order valence-electron chi connectivity index (χ4n) is 1.78. The fourth-order valence-corrected chi connectivity index (χ4v) is 2.84. The van der Waals surface area contributed by atoms with Crippen molar-refractivity contribution in [1.82, 2.24) is 4.90 Å². The number of nitrogens with zero attached hydrogens (tertiary/aromatic N) is 1. The SMILES string of the molecule is COc1ccccc1NC(=O)N1CCS(=O)CC1. The third kappa shape index (κ3) is 3.01. The average molecular weight is 268 g/mol. The van der Waals surface area contributed by atoms with Crippen LogP contribution in [0, 0.1) is 0 Å². The summed E-state index contributed by atoms with van der Waals surface area (Å²) in [5, 5.41) is 2.81. The van der Waals surface area contributed by atoms with E-state index in [0.29, 0.717) is 36.0 Å². The molecule has 1 aromatic rings. The molecular formula is C12H16N2O3S. The second-order valence-corrected chi connectivity index (χ2v) is 5.66. The highest BCUT2D eigenvalue weighted by Gasteiger charge is 2.20. The van der Waals surface area contributed by atoms with E-state index in [2.05, 4.69) is 5.32 Å². The molecule has 0 saturated carbocycles. The summed E-state index contributed by atoms with van der Waals surface area (Å²) in [6.45, 7) is 1.07. The average Bonchev–Trinajstić information content (AvgIpc) is 2.40. The van der Waals surface area contributed by atoms with Gasteiger partial charge in [0.05, 0.1) is 12.8 Å². The molecular weight excluding hydrogens is 252 g/mol. The van der Waals surface area contributed by atoms with Gasteiger partial charge in [0, 0.05) is 35.4 Å². The van der Waals surface area contributed by atoms with Crippen LogP contribution in [0.2, 0.25) is 0 Å². The first-order valence-corrected chi connectivity index (χ1v) is 7.23. The number of hydrogen-bond acceptors (Lipinski definition) is 3. The van der Waals surface area contributed by atoms with Crippen molar-refractivity contribution in [3.05, 3.63) is 24.3 Å². The molecule has 1 N–H and O–H groups in total. The van der Waals surface area contributed by atoms with Crippen LogP contribution in [0.1, 0.15) is 0 Å². The number of methoxy groups -OCH3 is 1. The number of hydrogen-bond donors (Lipinski definition) is 1. The number of carbonyl (C=O) groups is 1. The maximum absolute atomic E-state index is 12.0. The molecule has 0 radical (unpaired) electrons. The Morgan fingerprint density at radius 1 is 1.33 bits per heavy atom.